The van der Waals surface area contributed by atoms with Crippen LogP contribution in [0.1, 0.15) is 25.7 Å². The highest BCUT2D eigenvalue weighted by molar-refractivity contribution is 7.36. The summed E-state index contributed by atoms with van der Waals surface area (Å²) in [6, 6.07) is 0. The van der Waals surface area contributed by atoms with E-state index in [0.717, 1.165) is 5.92 Å². The maximum Gasteiger partial charge on any atom is -0.0327 e. The summed E-state index contributed by atoms with van der Waals surface area (Å²) in [6.45, 7) is 2.32. The summed E-state index contributed by atoms with van der Waals surface area (Å²) in [5, 5.41) is 0. The van der Waals surface area contributed by atoms with Crippen molar-refractivity contribution in [3.8, 4) is 0 Å². The molecular formula is C7H15P. The number of rotatable bonds is 2. The van der Waals surface area contributed by atoms with Gasteiger partial charge < -0.3 is 0 Å². The zero-order chi connectivity index (χ0) is 5.82. The first-order valence-electron chi connectivity index (χ1n) is 3.58. The van der Waals surface area contributed by atoms with Crippen LogP contribution in [0.4, 0.5) is 0 Å². The minimum Gasteiger partial charge on any atom is -0.125 e. The standard InChI is InChI=1S/C7H15P/c1-8-6-7-4-2-3-5-7/h7-8H,2-6H2,1H3. The maximum atomic E-state index is 2.32. The zero-order valence-corrected chi connectivity index (χ0v) is 6.61. The molecule has 0 aromatic heterocycles. The number of hydrogen-bond acceptors (Lipinski definition) is 0. The molecule has 1 unspecified atom stereocenters. The van der Waals surface area contributed by atoms with Gasteiger partial charge >= 0.3 is 0 Å². The lowest BCUT2D eigenvalue weighted by Crippen LogP contribution is -1.93. The molecule has 0 bridgehead atoms. The normalized spacial score (nSPS) is 23.6. The summed E-state index contributed by atoms with van der Waals surface area (Å²) in [4.78, 5) is 0. The molecule has 1 saturated carbocycles. The molecule has 0 heterocycles. The van der Waals surface area contributed by atoms with Crippen LogP contribution in [0.5, 0.6) is 0 Å². The van der Waals surface area contributed by atoms with E-state index in [-0.39, 0.29) is 0 Å². The van der Waals surface area contributed by atoms with Crippen LogP contribution >= 0.6 is 8.58 Å². The van der Waals surface area contributed by atoms with E-state index < -0.39 is 0 Å². The Morgan fingerprint density at radius 1 is 1.38 bits per heavy atom. The molecule has 0 aromatic carbocycles. The van der Waals surface area contributed by atoms with Gasteiger partial charge in [-0.05, 0) is 18.7 Å². The summed E-state index contributed by atoms with van der Waals surface area (Å²) < 4.78 is 0. The molecule has 0 N–H and O–H groups in total. The quantitative estimate of drug-likeness (QED) is 0.504. The lowest BCUT2D eigenvalue weighted by molar-refractivity contribution is 0.621. The Morgan fingerprint density at radius 2 is 2.00 bits per heavy atom. The minimum atomic E-state index is 1.12. The molecule has 8 heavy (non-hydrogen) atoms. The molecule has 48 valence electrons. The van der Waals surface area contributed by atoms with E-state index in [4.69, 9.17) is 0 Å². The SMILES string of the molecule is CPCC1CCCC1. The van der Waals surface area contributed by atoms with Crippen LogP contribution in [0, 0.1) is 5.92 Å². The summed E-state index contributed by atoms with van der Waals surface area (Å²) in [5.41, 5.74) is 0. The highest BCUT2D eigenvalue weighted by Crippen LogP contribution is 2.28. The van der Waals surface area contributed by atoms with Crippen LogP contribution in [-0.2, 0) is 0 Å². The van der Waals surface area contributed by atoms with Crippen LogP contribution in [0.25, 0.3) is 0 Å². The Kier molecular flexibility index (Phi) is 2.83. The average molecular weight is 130 g/mol. The van der Waals surface area contributed by atoms with Gasteiger partial charge in [0.05, 0.1) is 0 Å². The third-order valence-corrected chi connectivity index (χ3v) is 2.95. The van der Waals surface area contributed by atoms with Crippen molar-refractivity contribution in [3.05, 3.63) is 0 Å². The van der Waals surface area contributed by atoms with Gasteiger partial charge in [0, 0.05) is 0 Å². The van der Waals surface area contributed by atoms with Gasteiger partial charge in [-0.3, -0.25) is 0 Å². The van der Waals surface area contributed by atoms with E-state index in [0.29, 0.717) is 0 Å². The molecule has 0 spiro atoms. The van der Waals surface area contributed by atoms with Gasteiger partial charge in [0.15, 0.2) is 0 Å². The Labute approximate surface area is 53.8 Å². The second-order valence-electron chi connectivity index (χ2n) is 2.71. The van der Waals surface area contributed by atoms with E-state index in [2.05, 4.69) is 6.66 Å². The van der Waals surface area contributed by atoms with E-state index >= 15 is 0 Å². The van der Waals surface area contributed by atoms with Gasteiger partial charge in [-0.25, -0.2) is 0 Å². The highest BCUT2D eigenvalue weighted by Gasteiger charge is 2.12. The Hall–Kier alpha value is 0.430. The van der Waals surface area contributed by atoms with Gasteiger partial charge in [0.25, 0.3) is 0 Å². The lowest BCUT2D eigenvalue weighted by atomic mass is 10.1. The Balaban J connectivity index is 2.06. The van der Waals surface area contributed by atoms with Crippen LogP contribution < -0.4 is 0 Å². The fourth-order valence-electron chi connectivity index (χ4n) is 1.50. The predicted octanol–water partition coefficient (Wildman–Crippen LogP) is 2.48. The summed E-state index contributed by atoms with van der Waals surface area (Å²) in [7, 11) is 1.19. The molecule has 0 saturated heterocycles. The first-order valence-corrected chi connectivity index (χ1v) is 5.29. The molecule has 1 aliphatic carbocycles. The molecule has 1 aliphatic rings. The molecule has 0 amide bonds. The smallest absolute Gasteiger partial charge is 0.0327 e. The predicted molar refractivity (Wildman–Crippen MR) is 41.1 cm³/mol. The largest absolute Gasteiger partial charge is 0.125 e. The van der Waals surface area contributed by atoms with E-state index in [9.17, 15) is 0 Å². The molecule has 1 heteroatoms. The summed E-state index contributed by atoms with van der Waals surface area (Å²) >= 11 is 0. The second-order valence-corrected chi connectivity index (χ2v) is 3.82. The van der Waals surface area contributed by atoms with Crippen molar-refractivity contribution in [2.24, 2.45) is 5.92 Å². The first-order chi connectivity index (χ1) is 3.93. The Bertz CT molecular complexity index is 55.4. The molecule has 0 aromatic rings. The van der Waals surface area contributed by atoms with Crippen molar-refractivity contribution in [3.63, 3.8) is 0 Å². The van der Waals surface area contributed by atoms with Crippen molar-refractivity contribution in [1.29, 1.82) is 0 Å². The maximum absolute atomic E-state index is 2.32. The fourth-order valence-corrected chi connectivity index (χ4v) is 2.49. The van der Waals surface area contributed by atoms with Crippen molar-refractivity contribution < 1.29 is 0 Å². The van der Waals surface area contributed by atoms with Crippen LogP contribution in [0.3, 0.4) is 0 Å². The van der Waals surface area contributed by atoms with Crippen LogP contribution in [0.15, 0.2) is 0 Å². The second kappa shape index (κ2) is 3.45. The molecule has 0 aliphatic heterocycles. The van der Waals surface area contributed by atoms with E-state index in [1.54, 1.807) is 0 Å². The Morgan fingerprint density at radius 3 is 2.50 bits per heavy atom. The zero-order valence-electron chi connectivity index (χ0n) is 5.61. The van der Waals surface area contributed by atoms with Gasteiger partial charge in [-0.1, -0.05) is 25.7 Å². The van der Waals surface area contributed by atoms with Crippen molar-refractivity contribution >= 4 is 8.58 Å². The van der Waals surface area contributed by atoms with Gasteiger partial charge in [0.2, 0.25) is 0 Å². The van der Waals surface area contributed by atoms with Crippen molar-refractivity contribution in [2.45, 2.75) is 25.7 Å². The highest BCUT2D eigenvalue weighted by atomic mass is 31.1. The molecule has 0 radical (unpaired) electrons. The van der Waals surface area contributed by atoms with Gasteiger partial charge in [-0.2, -0.15) is 0 Å². The molecule has 1 atom stereocenters. The van der Waals surface area contributed by atoms with E-state index in [1.807, 2.05) is 0 Å². The van der Waals surface area contributed by atoms with Crippen molar-refractivity contribution in [1.82, 2.24) is 0 Å². The van der Waals surface area contributed by atoms with E-state index in [1.165, 1.54) is 40.4 Å². The molecular weight excluding hydrogens is 115 g/mol. The van der Waals surface area contributed by atoms with Gasteiger partial charge in [0.1, 0.15) is 0 Å². The molecule has 0 nitrogen and oxygen atoms in total. The third kappa shape index (κ3) is 1.74. The third-order valence-electron chi connectivity index (χ3n) is 1.97. The lowest BCUT2D eigenvalue weighted by Gasteiger charge is -2.03. The van der Waals surface area contributed by atoms with Crippen LogP contribution in [0.2, 0.25) is 0 Å². The van der Waals surface area contributed by atoms with Gasteiger partial charge in [-0.15, -0.1) is 8.58 Å². The minimum absolute atomic E-state index is 1.12. The number of hydrogen-bond donors (Lipinski definition) is 0. The summed E-state index contributed by atoms with van der Waals surface area (Å²) in [6.07, 6.45) is 7.59. The fraction of sp³-hybridized carbons (Fsp3) is 1.00. The monoisotopic (exact) mass is 130 g/mol. The molecule has 1 rings (SSSR count). The topological polar surface area (TPSA) is 0 Å². The van der Waals surface area contributed by atoms with Crippen molar-refractivity contribution in [2.75, 3.05) is 12.8 Å². The molecule has 1 fully saturated rings. The van der Waals surface area contributed by atoms with Crippen LogP contribution in [-0.4, -0.2) is 12.8 Å². The summed E-state index contributed by atoms with van der Waals surface area (Å²) in [5.74, 6) is 1.12. The first kappa shape index (κ1) is 6.55. The average Bonchev–Trinajstić information content (AvgIpc) is 2.19.